The third-order valence-corrected chi connectivity index (χ3v) is 3.58. The third kappa shape index (κ3) is 4.16. The topological polar surface area (TPSA) is 50.9 Å². The molecule has 1 aromatic heterocycles. The van der Waals surface area contributed by atoms with Crippen molar-refractivity contribution < 1.29 is 0 Å². The SMILES string of the molecule is CSCC(C)CNc1nccc(C)c1C(N)=S. The van der Waals surface area contributed by atoms with E-state index in [1.807, 2.05) is 24.8 Å². The number of pyridine rings is 1. The van der Waals surface area contributed by atoms with Crippen LogP contribution in [-0.4, -0.2) is 28.5 Å². The smallest absolute Gasteiger partial charge is 0.136 e. The minimum Gasteiger partial charge on any atom is -0.389 e. The molecule has 0 amide bonds. The molecule has 1 rings (SSSR count). The largest absolute Gasteiger partial charge is 0.389 e. The zero-order valence-electron chi connectivity index (χ0n) is 10.5. The normalized spacial score (nSPS) is 12.2. The Labute approximate surface area is 113 Å². The molecule has 0 saturated heterocycles. The van der Waals surface area contributed by atoms with E-state index in [-0.39, 0.29) is 0 Å². The summed E-state index contributed by atoms with van der Waals surface area (Å²) in [4.78, 5) is 4.71. The highest BCUT2D eigenvalue weighted by molar-refractivity contribution is 7.98. The molecule has 1 atom stereocenters. The minimum absolute atomic E-state index is 0.399. The molecule has 0 aliphatic rings. The van der Waals surface area contributed by atoms with Gasteiger partial charge in [0.1, 0.15) is 10.8 Å². The van der Waals surface area contributed by atoms with E-state index in [0.29, 0.717) is 10.9 Å². The summed E-state index contributed by atoms with van der Waals surface area (Å²) in [5, 5.41) is 3.33. The lowest BCUT2D eigenvalue weighted by atomic mass is 10.1. The van der Waals surface area contributed by atoms with Gasteiger partial charge in [-0.25, -0.2) is 4.98 Å². The fourth-order valence-electron chi connectivity index (χ4n) is 1.62. The fraction of sp³-hybridized carbons (Fsp3) is 0.500. The Morgan fingerprint density at radius 2 is 2.35 bits per heavy atom. The number of nitrogens with zero attached hydrogens (tertiary/aromatic N) is 1. The Bertz CT molecular complexity index is 393. The molecule has 0 aliphatic heterocycles. The van der Waals surface area contributed by atoms with Gasteiger partial charge in [-0.15, -0.1) is 0 Å². The molecule has 5 heteroatoms. The first-order chi connectivity index (χ1) is 8.06. The van der Waals surface area contributed by atoms with Gasteiger partial charge in [0.05, 0.1) is 5.56 Å². The van der Waals surface area contributed by atoms with Crippen molar-refractivity contribution >= 4 is 34.8 Å². The van der Waals surface area contributed by atoms with Crippen molar-refractivity contribution in [2.45, 2.75) is 13.8 Å². The molecule has 1 heterocycles. The maximum absolute atomic E-state index is 5.73. The van der Waals surface area contributed by atoms with Gasteiger partial charge in [-0.1, -0.05) is 19.1 Å². The molecule has 0 radical (unpaired) electrons. The molecule has 3 nitrogen and oxygen atoms in total. The van der Waals surface area contributed by atoms with Gasteiger partial charge in [0.2, 0.25) is 0 Å². The van der Waals surface area contributed by atoms with Crippen molar-refractivity contribution in [1.29, 1.82) is 0 Å². The van der Waals surface area contributed by atoms with Crippen LogP contribution in [0.25, 0.3) is 0 Å². The van der Waals surface area contributed by atoms with Gasteiger partial charge in [-0.3, -0.25) is 0 Å². The van der Waals surface area contributed by atoms with Gasteiger partial charge < -0.3 is 11.1 Å². The number of hydrogen-bond donors (Lipinski definition) is 2. The summed E-state index contributed by atoms with van der Waals surface area (Å²) in [6.45, 7) is 5.08. The van der Waals surface area contributed by atoms with Gasteiger partial charge in [0.15, 0.2) is 0 Å². The Balaban J connectivity index is 2.77. The molecule has 1 unspecified atom stereocenters. The maximum Gasteiger partial charge on any atom is 0.136 e. The average Bonchev–Trinajstić information content (AvgIpc) is 2.26. The molecule has 0 saturated carbocycles. The molecule has 17 heavy (non-hydrogen) atoms. The van der Waals surface area contributed by atoms with E-state index in [4.69, 9.17) is 18.0 Å². The number of aromatic nitrogens is 1. The number of rotatable bonds is 6. The van der Waals surface area contributed by atoms with Gasteiger partial charge in [-0.2, -0.15) is 11.8 Å². The molecule has 0 aromatic carbocycles. The highest BCUT2D eigenvalue weighted by Gasteiger charge is 2.10. The van der Waals surface area contributed by atoms with Crippen LogP contribution in [0.15, 0.2) is 12.3 Å². The molecular formula is C12H19N3S2. The quantitative estimate of drug-likeness (QED) is 0.777. The summed E-state index contributed by atoms with van der Waals surface area (Å²) < 4.78 is 0. The lowest BCUT2D eigenvalue weighted by Gasteiger charge is -2.15. The number of hydrogen-bond acceptors (Lipinski definition) is 4. The molecule has 1 aromatic rings. The minimum atomic E-state index is 0.399. The second-order valence-corrected chi connectivity index (χ2v) is 5.51. The van der Waals surface area contributed by atoms with Gasteiger partial charge >= 0.3 is 0 Å². The van der Waals surface area contributed by atoms with Crippen molar-refractivity contribution in [3.63, 3.8) is 0 Å². The maximum atomic E-state index is 5.73. The molecule has 0 bridgehead atoms. The van der Waals surface area contributed by atoms with E-state index in [1.165, 1.54) is 0 Å². The van der Waals surface area contributed by atoms with E-state index < -0.39 is 0 Å². The monoisotopic (exact) mass is 269 g/mol. The zero-order chi connectivity index (χ0) is 12.8. The Morgan fingerprint density at radius 1 is 1.65 bits per heavy atom. The summed E-state index contributed by atoms with van der Waals surface area (Å²) >= 11 is 6.91. The van der Waals surface area contributed by atoms with Gasteiger partial charge in [-0.05, 0) is 36.5 Å². The first kappa shape index (κ1) is 14.3. The second kappa shape index (κ2) is 6.81. The van der Waals surface area contributed by atoms with E-state index >= 15 is 0 Å². The van der Waals surface area contributed by atoms with E-state index in [1.54, 1.807) is 6.20 Å². The number of thioether (sulfide) groups is 1. The average molecular weight is 269 g/mol. The summed E-state index contributed by atoms with van der Waals surface area (Å²) in [5.41, 5.74) is 7.65. The number of nitrogens with two attached hydrogens (primary N) is 1. The predicted molar refractivity (Wildman–Crippen MR) is 80.9 cm³/mol. The van der Waals surface area contributed by atoms with Crippen LogP contribution < -0.4 is 11.1 Å². The van der Waals surface area contributed by atoms with Crippen molar-refractivity contribution in [1.82, 2.24) is 4.98 Å². The predicted octanol–water partition coefficient (Wildman–Crippen LogP) is 2.44. The number of nitrogens with one attached hydrogen (secondary N) is 1. The fourth-order valence-corrected chi connectivity index (χ4v) is 2.56. The lowest BCUT2D eigenvalue weighted by molar-refractivity contribution is 0.699. The van der Waals surface area contributed by atoms with Crippen LogP contribution in [0.1, 0.15) is 18.1 Å². The van der Waals surface area contributed by atoms with E-state index in [0.717, 1.165) is 29.2 Å². The van der Waals surface area contributed by atoms with E-state index in [9.17, 15) is 0 Å². The van der Waals surface area contributed by atoms with Gasteiger partial charge in [0, 0.05) is 12.7 Å². The summed E-state index contributed by atoms with van der Waals surface area (Å²) in [6.07, 6.45) is 3.89. The first-order valence-corrected chi connectivity index (χ1v) is 7.34. The van der Waals surface area contributed by atoms with Crippen molar-refractivity contribution in [2.24, 2.45) is 11.7 Å². The second-order valence-electron chi connectivity index (χ2n) is 4.16. The molecule has 0 fully saturated rings. The Morgan fingerprint density at radius 3 is 2.94 bits per heavy atom. The lowest BCUT2D eigenvalue weighted by Crippen LogP contribution is -2.19. The van der Waals surface area contributed by atoms with Crippen LogP contribution in [0.5, 0.6) is 0 Å². The van der Waals surface area contributed by atoms with Crippen molar-refractivity contribution in [2.75, 3.05) is 23.9 Å². The number of anilines is 1. The van der Waals surface area contributed by atoms with Crippen molar-refractivity contribution in [3.05, 3.63) is 23.4 Å². The van der Waals surface area contributed by atoms with Crippen LogP contribution >= 0.6 is 24.0 Å². The molecule has 0 spiro atoms. The number of aryl methyl sites for hydroxylation is 1. The van der Waals surface area contributed by atoms with Crippen LogP contribution in [0, 0.1) is 12.8 Å². The number of thiocarbonyl (C=S) groups is 1. The van der Waals surface area contributed by atoms with Crippen LogP contribution in [-0.2, 0) is 0 Å². The van der Waals surface area contributed by atoms with Gasteiger partial charge in [0.25, 0.3) is 0 Å². The van der Waals surface area contributed by atoms with Crippen LogP contribution in [0.3, 0.4) is 0 Å². The van der Waals surface area contributed by atoms with E-state index in [2.05, 4.69) is 23.5 Å². The third-order valence-electron chi connectivity index (χ3n) is 2.47. The first-order valence-electron chi connectivity index (χ1n) is 5.54. The molecule has 0 aliphatic carbocycles. The standard InChI is InChI=1S/C12H19N3S2/c1-8(7-17-3)6-15-12-10(11(13)16)9(2)4-5-14-12/h4-5,8H,6-7H2,1-3H3,(H2,13,16)(H,14,15). The molecule has 3 N–H and O–H groups in total. The van der Waals surface area contributed by atoms with Crippen LogP contribution in [0.4, 0.5) is 5.82 Å². The zero-order valence-corrected chi connectivity index (χ0v) is 12.1. The highest BCUT2D eigenvalue weighted by Crippen LogP contribution is 2.17. The highest BCUT2D eigenvalue weighted by atomic mass is 32.2. The summed E-state index contributed by atoms with van der Waals surface area (Å²) in [6, 6.07) is 1.92. The Hall–Kier alpha value is -0.810. The Kier molecular flexibility index (Phi) is 5.71. The molecule has 94 valence electrons. The van der Waals surface area contributed by atoms with Crippen LogP contribution in [0.2, 0.25) is 0 Å². The summed E-state index contributed by atoms with van der Waals surface area (Å²) in [7, 11) is 0. The molecular weight excluding hydrogens is 250 g/mol. The van der Waals surface area contributed by atoms with Crippen molar-refractivity contribution in [3.8, 4) is 0 Å². The summed E-state index contributed by atoms with van der Waals surface area (Å²) in [5.74, 6) is 2.51.